The molecule has 0 aliphatic heterocycles. The van der Waals surface area contributed by atoms with Gasteiger partial charge in [-0.25, -0.2) is 4.79 Å². The number of aliphatic carboxylic acids is 1. The van der Waals surface area contributed by atoms with E-state index in [4.69, 9.17) is 10.8 Å². The summed E-state index contributed by atoms with van der Waals surface area (Å²) in [6.45, 7) is 1.19. The first-order valence-corrected chi connectivity index (χ1v) is 7.10. The van der Waals surface area contributed by atoms with E-state index in [1.165, 1.54) is 0 Å². The highest BCUT2D eigenvalue weighted by Gasteiger charge is 2.18. The summed E-state index contributed by atoms with van der Waals surface area (Å²) < 4.78 is 0. The lowest BCUT2D eigenvalue weighted by Gasteiger charge is -2.14. The smallest absolute Gasteiger partial charge is 0.326 e. The van der Waals surface area contributed by atoms with Gasteiger partial charge in [0.05, 0.1) is 6.54 Å². The molecule has 0 fully saturated rings. The first-order chi connectivity index (χ1) is 10.1. The second-order valence-corrected chi connectivity index (χ2v) is 4.83. The zero-order chi connectivity index (χ0) is 15.5. The van der Waals surface area contributed by atoms with Gasteiger partial charge >= 0.3 is 5.97 Å². The van der Waals surface area contributed by atoms with E-state index in [1.54, 1.807) is 0 Å². The van der Waals surface area contributed by atoms with Crippen molar-refractivity contribution in [3.8, 4) is 0 Å². The Morgan fingerprint density at radius 3 is 2.52 bits per heavy atom. The normalized spacial score (nSPS) is 11.9. The molecule has 6 heteroatoms. The van der Waals surface area contributed by atoms with Gasteiger partial charge in [0.1, 0.15) is 6.04 Å². The predicted molar refractivity (Wildman–Crippen MR) is 80.6 cm³/mol. The van der Waals surface area contributed by atoms with Gasteiger partial charge < -0.3 is 21.5 Å². The number of benzene rings is 1. The summed E-state index contributed by atoms with van der Waals surface area (Å²) in [6, 6.07) is 8.84. The largest absolute Gasteiger partial charge is 0.480 e. The fourth-order valence-electron chi connectivity index (χ4n) is 1.91. The molecule has 0 saturated heterocycles. The fourth-order valence-corrected chi connectivity index (χ4v) is 1.91. The van der Waals surface area contributed by atoms with Gasteiger partial charge in [-0.15, -0.1) is 0 Å². The molecule has 0 aliphatic carbocycles. The number of rotatable bonds is 10. The molecule has 21 heavy (non-hydrogen) atoms. The molecule has 0 radical (unpaired) electrons. The van der Waals surface area contributed by atoms with Crippen LogP contribution in [-0.2, 0) is 16.1 Å². The van der Waals surface area contributed by atoms with Gasteiger partial charge in [0.2, 0.25) is 5.91 Å². The molecule has 1 aromatic rings. The summed E-state index contributed by atoms with van der Waals surface area (Å²) in [5.41, 5.74) is 6.44. The Labute approximate surface area is 124 Å². The monoisotopic (exact) mass is 293 g/mol. The number of carboxylic acids is 1. The maximum absolute atomic E-state index is 11.7. The molecule has 1 amide bonds. The van der Waals surface area contributed by atoms with E-state index < -0.39 is 12.0 Å². The molecule has 1 atom stereocenters. The summed E-state index contributed by atoms with van der Waals surface area (Å²) in [6.07, 6.45) is 1.84. The average Bonchev–Trinajstić information content (AvgIpc) is 2.47. The molecule has 0 bridgehead atoms. The number of unbranched alkanes of at least 4 members (excludes halogenated alkanes) is 1. The van der Waals surface area contributed by atoms with Crippen LogP contribution in [0, 0.1) is 0 Å². The quantitative estimate of drug-likeness (QED) is 0.470. The van der Waals surface area contributed by atoms with Gasteiger partial charge in [-0.3, -0.25) is 4.79 Å². The molecule has 6 nitrogen and oxygen atoms in total. The Kier molecular flexibility index (Phi) is 8.08. The summed E-state index contributed by atoms with van der Waals surface area (Å²) in [5.74, 6) is -1.32. The fraction of sp³-hybridized carbons (Fsp3) is 0.467. The van der Waals surface area contributed by atoms with E-state index in [9.17, 15) is 9.59 Å². The van der Waals surface area contributed by atoms with Gasteiger partial charge in [-0.2, -0.15) is 0 Å². The van der Waals surface area contributed by atoms with Crippen molar-refractivity contribution < 1.29 is 14.7 Å². The van der Waals surface area contributed by atoms with Crippen LogP contribution in [-0.4, -0.2) is 36.1 Å². The van der Waals surface area contributed by atoms with Gasteiger partial charge in [0.25, 0.3) is 0 Å². The van der Waals surface area contributed by atoms with Crippen molar-refractivity contribution in [2.75, 3.05) is 13.1 Å². The minimum atomic E-state index is -1.01. The number of hydrogen-bond donors (Lipinski definition) is 4. The lowest BCUT2D eigenvalue weighted by Crippen LogP contribution is -2.44. The molecule has 0 unspecified atom stereocenters. The molecule has 1 rings (SSSR count). The number of carbonyl (C=O) groups excluding carboxylic acids is 1. The maximum atomic E-state index is 11.7. The van der Waals surface area contributed by atoms with Crippen LogP contribution in [0.4, 0.5) is 0 Å². The number of nitrogens with one attached hydrogen (secondary N) is 2. The minimum Gasteiger partial charge on any atom is -0.480 e. The van der Waals surface area contributed by atoms with Crippen molar-refractivity contribution in [1.82, 2.24) is 10.6 Å². The van der Waals surface area contributed by atoms with Crippen LogP contribution < -0.4 is 16.4 Å². The number of hydrogen-bond acceptors (Lipinski definition) is 4. The molecule has 0 spiro atoms. The van der Waals surface area contributed by atoms with Crippen molar-refractivity contribution in [3.63, 3.8) is 0 Å². The summed E-state index contributed by atoms with van der Waals surface area (Å²) in [4.78, 5) is 22.8. The van der Waals surface area contributed by atoms with Crippen molar-refractivity contribution in [1.29, 1.82) is 0 Å². The van der Waals surface area contributed by atoms with E-state index in [0.29, 0.717) is 25.9 Å². The van der Waals surface area contributed by atoms with Crippen molar-refractivity contribution in [2.45, 2.75) is 31.8 Å². The molecule has 5 N–H and O–H groups in total. The van der Waals surface area contributed by atoms with E-state index in [2.05, 4.69) is 10.6 Å². The highest BCUT2D eigenvalue weighted by molar-refractivity contribution is 5.84. The minimum absolute atomic E-state index is 0.0928. The second-order valence-electron chi connectivity index (χ2n) is 4.83. The van der Waals surface area contributed by atoms with Gasteiger partial charge in [0, 0.05) is 6.54 Å². The Bertz CT molecular complexity index is 437. The third kappa shape index (κ3) is 7.43. The van der Waals surface area contributed by atoms with Crippen LogP contribution in [0.2, 0.25) is 0 Å². The SMILES string of the molecule is NCCCC[C@H](NC(=O)CNCc1ccccc1)C(=O)O. The van der Waals surface area contributed by atoms with Crippen molar-refractivity contribution >= 4 is 11.9 Å². The summed E-state index contributed by atoms with van der Waals surface area (Å²) in [7, 11) is 0. The Balaban J connectivity index is 2.28. The van der Waals surface area contributed by atoms with Gasteiger partial charge in [-0.1, -0.05) is 30.3 Å². The number of carbonyl (C=O) groups is 2. The van der Waals surface area contributed by atoms with Crippen molar-refractivity contribution in [2.24, 2.45) is 5.73 Å². The van der Waals surface area contributed by atoms with E-state index in [1.807, 2.05) is 30.3 Å². The third-order valence-electron chi connectivity index (χ3n) is 3.04. The number of amides is 1. The van der Waals surface area contributed by atoms with Crippen molar-refractivity contribution in [3.05, 3.63) is 35.9 Å². The lowest BCUT2D eigenvalue weighted by molar-refractivity contribution is -0.141. The van der Waals surface area contributed by atoms with Crippen LogP contribution in [0.5, 0.6) is 0 Å². The standard InChI is InChI=1S/C15H23N3O3/c16-9-5-4-8-13(15(20)21)18-14(19)11-17-10-12-6-2-1-3-7-12/h1-3,6-7,13,17H,4-5,8-11,16H2,(H,18,19)(H,20,21)/t13-/m0/s1. The second kappa shape index (κ2) is 9.90. The molecule has 0 saturated carbocycles. The molecule has 0 aromatic heterocycles. The highest BCUT2D eigenvalue weighted by Crippen LogP contribution is 2.01. The first kappa shape index (κ1) is 17.1. The topological polar surface area (TPSA) is 104 Å². The van der Waals surface area contributed by atoms with Gasteiger partial charge in [-0.05, 0) is 31.4 Å². The molecule has 1 aromatic carbocycles. The van der Waals surface area contributed by atoms with Crippen LogP contribution in [0.3, 0.4) is 0 Å². The van der Waals surface area contributed by atoms with E-state index >= 15 is 0 Å². The van der Waals surface area contributed by atoms with Crippen LogP contribution in [0.1, 0.15) is 24.8 Å². The summed E-state index contributed by atoms with van der Waals surface area (Å²) >= 11 is 0. The average molecular weight is 293 g/mol. The Morgan fingerprint density at radius 1 is 1.19 bits per heavy atom. The zero-order valence-corrected chi connectivity index (χ0v) is 12.0. The highest BCUT2D eigenvalue weighted by atomic mass is 16.4. The number of carboxylic acid groups (broad SMARTS) is 1. The lowest BCUT2D eigenvalue weighted by atomic mass is 10.1. The van der Waals surface area contributed by atoms with Crippen LogP contribution in [0.25, 0.3) is 0 Å². The molecule has 0 heterocycles. The van der Waals surface area contributed by atoms with Crippen LogP contribution >= 0.6 is 0 Å². The van der Waals surface area contributed by atoms with E-state index in [0.717, 1.165) is 12.0 Å². The van der Waals surface area contributed by atoms with Crippen LogP contribution in [0.15, 0.2) is 30.3 Å². The molecular weight excluding hydrogens is 270 g/mol. The summed E-state index contributed by atoms with van der Waals surface area (Å²) in [5, 5.41) is 14.6. The van der Waals surface area contributed by atoms with E-state index in [-0.39, 0.29) is 12.5 Å². The maximum Gasteiger partial charge on any atom is 0.326 e. The van der Waals surface area contributed by atoms with Gasteiger partial charge in [0.15, 0.2) is 0 Å². The third-order valence-corrected chi connectivity index (χ3v) is 3.04. The molecule has 116 valence electrons. The predicted octanol–water partition coefficient (Wildman–Crippen LogP) is 0.475. The molecular formula is C15H23N3O3. The number of nitrogens with two attached hydrogens (primary N) is 1. The Hall–Kier alpha value is -1.92. The Morgan fingerprint density at radius 2 is 1.90 bits per heavy atom. The zero-order valence-electron chi connectivity index (χ0n) is 12.0. The first-order valence-electron chi connectivity index (χ1n) is 7.10. The molecule has 0 aliphatic rings.